The van der Waals surface area contributed by atoms with E-state index < -0.39 is 0 Å². The number of nitrogens with one attached hydrogen (secondary N) is 1. The molecule has 0 radical (unpaired) electrons. The Morgan fingerprint density at radius 3 is 2.67 bits per heavy atom. The van der Waals surface area contributed by atoms with Gasteiger partial charge in [-0.3, -0.25) is 4.90 Å². The lowest BCUT2D eigenvalue weighted by molar-refractivity contribution is -0.0622. The lowest BCUT2D eigenvalue weighted by atomic mass is 10.0. The topological polar surface area (TPSA) is 24.5 Å². The summed E-state index contributed by atoms with van der Waals surface area (Å²) in [7, 11) is 2.03. The van der Waals surface area contributed by atoms with Crippen LogP contribution >= 0.6 is 0 Å². The molecule has 1 saturated heterocycles. The number of hydrogen-bond donors (Lipinski definition) is 1. The summed E-state index contributed by atoms with van der Waals surface area (Å²) < 4.78 is 5.70. The molecule has 0 spiro atoms. The first kappa shape index (κ1) is 12.9. The molecular formula is C12H26N2O. The normalized spacial score (nSPS) is 29.4. The van der Waals surface area contributed by atoms with Crippen LogP contribution in [0.3, 0.4) is 0 Å². The summed E-state index contributed by atoms with van der Waals surface area (Å²) in [5, 5.41) is 3.37. The standard InChI is InChI=1S/C12H26N2O/c1-6-11-8-15-10(2)7-14(11)9-12(3,4)13-5/h10-11,13H,6-9H2,1-5H3. The van der Waals surface area contributed by atoms with Gasteiger partial charge in [0.05, 0.1) is 12.7 Å². The number of hydrogen-bond acceptors (Lipinski definition) is 3. The summed E-state index contributed by atoms with van der Waals surface area (Å²) in [6.07, 6.45) is 1.55. The molecule has 3 nitrogen and oxygen atoms in total. The number of morpholine rings is 1. The largest absolute Gasteiger partial charge is 0.376 e. The average molecular weight is 214 g/mol. The van der Waals surface area contributed by atoms with E-state index in [1.54, 1.807) is 0 Å². The SMILES string of the molecule is CCC1COC(C)CN1CC(C)(C)NC. The minimum Gasteiger partial charge on any atom is -0.376 e. The second-order valence-corrected chi connectivity index (χ2v) is 5.27. The van der Waals surface area contributed by atoms with Crippen LogP contribution in [0.15, 0.2) is 0 Å². The van der Waals surface area contributed by atoms with Crippen LogP contribution in [0.1, 0.15) is 34.1 Å². The van der Waals surface area contributed by atoms with Gasteiger partial charge < -0.3 is 10.1 Å². The smallest absolute Gasteiger partial charge is 0.0674 e. The quantitative estimate of drug-likeness (QED) is 0.767. The van der Waals surface area contributed by atoms with Gasteiger partial charge in [0.25, 0.3) is 0 Å². The van der Waals surface area contributed by atoms with Crippen LogP contribution in [-0.4, -0.2) is 49.3 Å². The molecule has 2 unspecified atom stereocenters. The number of ether oxygens (including phenoxy) is 1. The zero-order chi connectivity index (χ0) is 11.5. The molecule has 0 amide bonds. The summed E-state index contributed by atoms with van der Waals surface area (Å²) in [5.41, 5.74) is 0.185. The Morgan fingerprint density at radius 1 is 1.47 bits per heavy atom. The van der Waals surface area contributed by atoms with E-state index in [4.69, 9.17) is 4.74 Å². The molecule has 15 heavy (non-hydrogen) atoms. The monoisotopic (exact) mass is 214 g/mol. The van der Waals surface area contributed by atoms with Crippen LogP contribution in [0.5, 0.6) is 0 Å². The van der Waals surface area contributed by atoms with Crippen molar-refractivity contribution in [2.24, 2.45) is 0 Å². The van der Waals surface area contributed by atoms with Crippen LogP contribution in [0.2, 0.25) is 0 Å². The highest BCUT2D eigenvalue weighted by molar-refractivity contribution is 4.86. The zero-order valence-electron chi connectivity index (χ0n) is 10.8. The fourth-order valence-electron chi connectivity index (χ4n) is 2.07. The maximum atomic E-state index is 5.70. The molecule has 0 saturated carbocycles. The molecule has 0 aromatic rings. The average Bonchev–Trinajstić information content (AvgIpc) is 2.18. The summed E-state index contributed by atoms with van der Waals surface area (Å²) in [6, 6.07) is 0.592. The summed E-state index contributed by atoms with van der Waals surface area (Å²) in [4.78, 5) is 2.56. The first-order valence-corrected chi connectivity index (χ1v) is 6.03. The van der Waals surface area contributed by atoms with Crippen molar-refractivity contribution in [2.75, 3.05) is 26.7 Å². The molecule has 0 aromatic carbocycles. The third-order valence-corrected chi connectivity index (χ3v) is 3.33. The molecular weight excluding hydrogens is 188 g/mol. The lowest BCUT2D eigenvalue weighted by Crippen LogP contribution is -2.56. The van der Waals surface area contributed by atoms with Crippen molar-refractivity contribution in [2.45, 2.75) is 51.8 Å². The Bertz CT molecular complexity index is 194. The molecule has 0 bridgehead atoms. The van der Waals surface area contributed by atoms with E-state index in [0.29, 0.717) is 12.1 Å². The maximum absolute atomic E-state index is 5.70. The van der Waals surface area contributed by atoms with Crippen molar-refractivity contribution in [1.82, 2.24) is 10.2 Å². The molecule has 0 aromatic heterocycles. The van der Waals surface area contributed by atoms with Gasteiger partial charge in [0, 0.05) is 24.7 Å². The Balaban J connectivity index is 2.55. The van der Waals surface area contributed by atoms with E-state index in [9.17, 15) is 0 Å². The molecule has 1 aliphatic rings. The van der Waals surface area contributed by atoms with Crippen LogP contribution < -0.4 is 5.32 Å². The van der Waals surface area contributed by atoms with Crippen molar-refractivity contribution >= 4 is 0 Å². The predicted octanol–water partition coefficient (Wildman–Crippen LogP) is 1.48. The number of rotatable bonds is 4. The highest BCUT2D eigenvalue weighted by Crippen LogP contribution is 2.17. The van der Waals surface area contributed by atoms with E-state index in [2.05, 4.69) is 37.9 Å². The van der Waals surface area contributed by atoms with Gasteiger partial charge in [-0.05, 0) is 34.2 Å². The number of nitrogens with zero attached hydrogens (tertiary/aromatic N) is 1. The Morgan fingerprint density at radius 2 is 2.13 bits per heavy atom. The fraction of sp³-hybridized carbons (Fsp3) is 1.00. The van der Waals surface area contributed by atoms with E-state index in [1.165, 1.54) is 6.42 Å². The Labute approximate surface area is 94.2 Å². The predicted molar refractivity (Wildman–Crippen MR) is 64.2 cm³/mol. The Hall–Kier alpha value is -0.120. The van der Waals surface area contributed by atoms with Crippen molar-refractivity contribution in [3.05, 3.63) is 0 Å². The van der Waals surface area contributed by atoms with E-state index in [1.807, 2.05) is 7.05 Å². The molecule has 1 rings (SSSR count). The highest BCUT2D eigenvalue weighted by Gasteiger charge is 2.29. The van der Waals surface area contributed by atoms with Gasteiger partial charge in [0.2, 0.25) is 0 Å². The first-order chi connectivity index (χ1) is 6.98. The maximum Gasteiger partial charge on any atom is 0.0674 e. The third kappa shape index (κ3) is 3.74. The van der Waals surface area contributed by atoms with Crippen LogP contribution in [0, 0.1) is 0 Å². The minimum absolute atomic E-state index is 0.185. The van der Waals surface area contributed by atoms with Crippen molar-refractivity contribution in [1.29, 1.82) is 0 Å². The molecule has 0 aliphatic carbocycles. The van der Waals surface area contributed by atoms with Crippen LogP contribution in [0.25, 0.3) is 0 Å². The second-order valence-electron chi connectivity index (χ2n) is 5.27. The van der Waals surface area contributed by atoms with Gasteiger partial charge in [-0.15, -0.1) is 0 Å². The molecule has 2 atom stereocenters. The van der Waals surface area contributed by atoms with Crippen molar-refractivity contribution < 1.29 is 4.74 Å². The van der Waals surface area contributed by atoms with Gasteiger partial charge in [-0.1, -0.05) is 6.92 Å². The lowest BCUT2D eigenvalue weighted by Gasteiger charge is -2.42. The summed E-state index contributed by atoms with van der Waals surface area (Å²) >= 11 is 0. The first-order valence-electron chi connectivity index (χ1n) is 6.03. The molecule has 1 N–H and O–H groups in total. The molecule has 1 fully saturated rings. The van der Waals surface area contributed by atoms with Gasteiger partial charge in [0.1, 0.15) is 0 Å². The van der Waals surface area contributed by atoms with Gasteiger partial charge in [-0.25, -0.2) is 0 Å². The zero-order valence-corrected chi connectivity index (χ0v) is 10.8. The van der Waals surface area contributed by atoms with Crippen LogP contribution in [0.4, 0.5) is 0 Å². The van der Waals surface area contributed by atoms with Crippen molar-refractivity contribution in [3.8, 4) is 0 Å². The second kappa shape index (κ2) is 5.28. The fourth-order valence-corrected chi connectivity index (χ4v) is 2.07. The van der Waals surface area contributed by atoms with Gasteiger partial charge in [-0.2, -0.15) is 0 Å². The van der Waals surface area contributed by atoms with Crippen LogP contribution in [-0.2, 0) is 4.74 Å². The molecule has 90 valence electrons. The number of likely N-dealkylation sites (N-methyl/N-ethyl adjacent to an activating group) is 1. The molecule has 1 heterocycles. The van der Waals surface area contributed by atoms with Gasteiger partial charge >= 0.3 is 0 Å². The Kier molecular flexibility index (Phi) is 4.56. The molecule has 3 heteroatoms. The van der Waals surface area contributed by atoms with Gasteiger partial charge in [0.15, 0.2) is 0 Å². The minimum atomic E-state index is 0.185. The van der Waals surface area contributed by atoms with E-state index >= 15 is 0 Å². The highest BCUT2D eigenvalue weighted by atomic mass is 16.5. The van der Waals surface area contributed by atoms with E-state index in [0.717, 1.165) is 19.7 Å². The van der Waals surface area contributed by atoms with E-state index in [-0.39, 0.29) is 5.54 Å². The molecule has 1 aliphatic heterocycles. The summed E-state index contributed by atoms with van der Waals surface area (Å²) in [6.45, 7) is 11.9. The summed E-state index contributed by atoms with van der Waals surface area (Å²) in [5.74, 6) is 0. The van der Waals surface area contributed by atoms with Crippen molar-refractivity contribution in [3.63, 3.8) is 0 Å². The third-order valence-electron chi connectivity index (χ3n) is 3.33.